The Kier molecular flexibility index (Phi) is 5.67. The molecule has 4 rings (SSSR count). The first-order valence-corrected chi connectivity index (χ1v) is 10.6. The summed E-state index contributed by atoms with van der Waals surface area (Å²) in [5, 5.41) is 9.20. The number of fused-ring (bicyclic) bond motifs is 2. The van der Waals surface area contributed by atoms with Crippen molar-refractivity contribution in [3.63, 3.8) is 0 Å². The Balaban J connectivity index is 1.85. The number of hydrogen-bond acceptors (Lipinski definition) is 3. The Morgan fingerprint density at radius 1 is 0.812 bits per heavy atom. The number of anilines is 2. The van der Waals surface area contributed by atoms with Crippen molar-refractivity contribution < 1.29 is 26.3 Å². The van der Waals surface area contributed by atoms with Gasteiger partial charge in [0.05, 0.1) is 34.1 Å². The van der Waals surface area contributed by atoms with E-state index >= 15 is 0 Å². The third kappa shape index (κ3) is 4.45. The van der Waals surface area contributed by atoms with E-state index in [1.807, 2.05) is 12.1 Å². The van der Waals surface area contributed by atoms with Gasteiger partial charge in [0.2, 0.25) is 0 Å². The van der Waals surface area contributed by atoms with Crippen molar-refractivity contribution in [2.75, 3.05) is 4.90 Å². The molecule has 2 nitrogen and oxygen atoms in total. The largest absolute Gasteiger partial charge is 0.416 e. The van der Waals surface area contributed by atoms with Gasteiger partial charge in [0.25, 0.3) is 0 Å². The molecule has 0 bridgehead atoms. The van der Waals surface area contributed by atoms with Crippen molar-refractivity contribution >= 4 is 39.1 Å². The Hall–Kier alpha value is -2.64. The monoisotopic (exact) mass is 528 g/mol. The summed E-state index contributed by atoms with van der Waals surface area (Å²) in [4.78, 5) is 3.09. The number of nitrogens with zero attached hydrogens (tertiary/aromatic N) is 2. The van der Waals surface area contributed by atoms with Crippen molar-refractivity contribution in [2.24, 2.45) is 0 Å². The topological polar surface area (TPSA) is 27.0 Å². The fourth-order valence-corrected chi connectivity index (χ4v) is 5.08. The lowest BCUT2D eigenvalue weighted by Gasteiger charge is -2.33. The Bertz CT molecular complexity index is 1210. The quantitative estimate of drug-likeness (QED) is 0.314. The summed E-state index contributed by atoms with van der Waals surface area (Å²) in [5.41, 5.74) is -1.22. The molecule has 1 aliphatic rings. The molecule has 1 aliphatic heterocycles. The molecule has 0 spiro atoms. The highest BCUT2D eigenvalue weighted by molar-refractivity contribution is 9.10. The molecular weight excluding hydrogens is 518 g/mol. The van der Waals surface area contributed by atoms with Gasteiger partial charge in [-0.2, -0.15) is 31.6 Å². The summed E-state index contributed by atoms with van der Waals surface area (Å²) in [6, 6.07) is 13.8. The minimum absolute atomic E-state index is 0.119. The number of nitriles is 1. The maximum Gasteiger partial charge on any atom is 0.416 e. The molecule has 0 aliphatic carbocycles. The van der Waals surface area contributed by atoms with Crippen LogP contribution in [0.1, 0.15) is 22.3 Å². The van der Waals surface area contributed by atoms with Crippen LogP contribution in [0.2, 0.25) is 0 Å². The molecule has 32 heavy (non-hydrogen) atoms. The maximum atomic E-state index is 13.3. The van der Waals surface area contributed by atoms with Crippen molar-refractivity contribution in [2.45, 2.75) is 28.7 Å². The van der Waals surface area contributed by atoms with E-state index in [2.05, 4.69) is 15.9 Å². The molecule has 3 aromatic rings. The second kappa shape index (κ2) is 8.05. The van der Waals surface area contributed by atoms with E-state index in [-0.39, 0.29) is 18.2 Å². The van der Waals surface area contributed by atoms with E-state index in [1.165, 1.54) is 11.8 Å². The number of halogens is 7. The van der Waals surface area contributed by atoms with E-state index < -0.39 is 23.5 Å². The van der Waals surface area contributed by atoms with Crippen LogP contribution < -0.4 is 4.90 Å². The highest BCUT2D eigenvalue weighted by Crippen LogP contribution is 2.50. The summed E-state index contributed by atoms with van der Waals surface area (Å²) < 4.78 is 80.6. The molecule has 0 amide bonds. The molecule has 1 heterocycles. The first kappa shape index (κ1) is 22.6. The molecule has 0 fully saturated rings. The number of benzene rings is 3. The van der Waals surface area contributed by atoms with Crippen LogP contribution in [0.5, 0.6) is 0 Å². The molecular formula is C22H11BrF6N2S. The van der Waals surface area contributed by atoms with Gasteiger partial charge in [-0.3, -0.25) is 0 Å². The van der Waals surface area contributed by atoms with Gasteiger partial charge in [-0.05, 0) is 60.2 Å². The molecule has 0 aromatic heterocycles. The van der Waals surface area contributed by atoms with Gasteiger partial charge in [-0.15, -0.1) is 0 Å². The second-order valence-corrected chi connectivity index (χ2v) is 9.01. The molecule has 0 unspecified atom stereocenters. The molecule has 0 saturated carbocycles. The fourth-order valence-electron chi connectivity index (χ4n) is 3.39. The van der Waals surface area contributed by atoms with Crippen LogP contribution in [0.15, 0.2) is 68.9 Å². The van der Waals surface area contributed by atoms with Crippen molar-refractivity contribution in [3.8, 4) is 6.07 Å². The highest BCUT2D eigenvalue weighted by Gasteiger charge is 2.37. The minimum Gasteiger partial charge on any atom is -0.335 e. The molecule has 0 N–H and O–H groups in total. The Morgan fingerprint density at radius 3 is 1.94 bits per heavy atom. The maximum absolute atomic E-state index is 13.3. The lowest BCUT2D eigenvalue weighted by molar-refractivity contribution is -0.143. The van der Waals surface area contributed by atoms with Gasteiger partial charge in [0.1, 0.15) is 0 Å². The van der Waals surface area contributed by atoms with Crippen LogP contribution in [0.25, 0.3) is 0 Å². The molecule has 0 saturated heterocycles. The van der Waals surface area contributed by atoms with Crippen LogP contribution in [0.4, 0.5) is 37.7 Å². The number of alkyl halides is 6. The van der Waals surface area contributed by atoms with E-state index in [1.54, 1.807) is 35.2 Å². The van der Waals surface area contributed by atoms with Crippen LogP contribution in [-0.4, -0.2) is 0 Å². The summed E-state index contributed by atoms with van der Waals surface area (Å²) in [6.45, 7) is -0.221. The predicted octanol–water partition coefficient (Wildman–Crippen LogP) is 8.16. The zero-order valence-electron chi connectivity index (χ0n) is 15.9. The standard InChI is InChI=1S/C22H11BrF6N2S/c23-16-2-4-18-20(9-16)32-19-7-12(10-30)1-3-17(19)31(18)11-13-5-14(21(24,25)26)8-15(6-13)22(27,28)29/h1-9H,11H2. The lowest BCUT2D eigenvalue weighted by atomic mass is 10.0. The van der Waals surface area contributed by atoms with Gasteiger partial charge in [-0.25, -0.2) is 0 Å². The third-order valence-corrected chi connectivity index (χ3v) is 6.39. The smallest absolute Gasteiger partial charge is 0.335 e. The SMILES string of the molecule is N#Cc1ccc2c(c1)Sc1cc(Br)ccc1N2Cc1cc(C(F)(F)F)cc(C(F)(F)F)c1. The molecule has 164 valence electrons. The Labute approximate surface area is 191 Å². The third-order valence-electron chi connectivity index (χ3n) is 4.80. The van der Waals surface area contributed by atoms with Crippen molar-refractivity contribution in [1.82, 2.24) is 0 Å². The van der Waals surface area contributed by atoms with Crippen molar-refractivity contribution in [3.05, 3.63) is 81.3 Å². The average Bonchev–Trinajstić information content (AvgIpc) is 2.71. The summed E-state index contributed by atoms with van der Waals surface area (Å²) in [7, 11) is 0. The summed E-state index contributed by atoms with van der Waals surface area (Å²) >= 11 is 4.75. The molecule has 0 radical (unpaired) electrons. The molecule has 0 atom stereocenters. The van der Waals surface area contributed by atoms with Gasteiger partial charge in [0.15, 0.2) is 0 Å². The fraction of sp³-hybridized carbons (Fsp3) is 0.136. The van der Waals surface area contributed by atoms with Crippen LogP contribution in [0.3, 0.4) is 0 Å². The Morgan fingerprint density at radius 2 is 1.38 bits per heavy atom. The van der Waals surface area contributed by atoms with Gasteiger partial charge < -0.3 is 4.90 Å². The van der Waals surface area contributed by atoms with Crippen LogP contribution in [0, 0.1) is 11.3 Å². The average molecular weight is 529 g/mol. The van der Waals surface area contributed by atoms with E-state index in [0.29, 0.717) is 21.8 Å². The zero-order chi connectivity index (χ0) is 23.3. The summed E-state index contributed by atoms with van der Waals surface area (Å²) in [5.74, 6) is 0. The first-order valence-electron chi connectivity index (χ1n) is 9.03. The molecule has 10 heteroatoms. The lowest BCUT2D eigenvalue weighted by Crippen LogP contribution is -2.21. The number of rotatable bonds is 2. The molecule has 3 aromatic carbocycles. The van der Waals surface area contributed by atoms with Gasteiger partial charge in [-0.1, -0.05) is 27.7 Å². The normalized spacial score (nSPS) is 13.4. The predicted molar refractivity (Wildman–Crippen MR) is 112 cm³/mol. The van der Waals surface area contributed by atoms with Crippen LogP contribution in [-0.2, 0) is 18.9 Å². The van der Waals surface area contributed by atoms with E-state index in [4.69, 9.17) is 0 Å². The van der Waals surface area contributed by atoms with Crippen LogP contribution >= 0.6 is 27.7 Å². The first-order chi connectivity index (χ1) is 15.0. The zero-order valence-corrected chi connectivity index (χ0v) is 18.3. The highest BCUT2D eigenvalue weighted by atomic mass is 79.9. The number of hydrogen-bond donors (Lipinski definition) is 0. The second-order valence-electron chi connectivity index (χ2n) is 7.01. The van der Waals surface area contributed by atoms with Gasteiger partial charge in [0, 0.05) is 20.8 Å². The minimum atomic E-state index is -4.92. The van der Waals surface area contributed by atoms with Gasteiger partial charge >= 0.3 is 12.4 Å². The summed E-state index contributed by atoms with van der Waals surface area (Å²) in [6.07, 6.45) is -9.84. The van der Waals surface area contributed by atoms with E-state index in [0.717, 1.165) is 21.5 Å². The van der Waals surface area contributed by atoms with E-state index in [9.17, 15) is 31.6 Å². The van der Waals surface area contributed by atoms with Crippen molar-refractivity contribution in [1.29, 1.82) is 5.26 Å².